The van der Waals surface area contributed by atoms with Crippen LogP contribution in [0.5, 0.6) is 0 Å². The van der Waals surface area contributed by atoms with Crippen molar-refractivity contribution in [3.8, 4) is 0 Å². The molecule has 2 aromatic heterocycles. The number of amides is 1. The molecule has 0 saturated carbocycles. The number of hydrogen-bond acceptors (Lipinski definition) is 5. The molecule has 2 N–H and O–H groups in total. The number of rotatable bonds is 5. The van der Waals surface area contributed by atoms with Crippen LogP contribution in [0, 0.1) is 12.9 Å². The largest absolute Gasteiger partial charge is 0.325 e. The number of H-pyrrole nitrogens is 1. The first-order valence-electron chi connectivity index (χ1n) is 8.16. The topological polar surface area (TPSA) is 117 Å². The maximum atomic E-state index is 13.8. The number of likely N-dealkylation sites (N-methyl/N-ethyl adjacent to an activating group) is 1. The van der Waals surface area contributed by atoms with Gasteiger partial charge in [0, 0.05) is 32.0 Å². The van der Waals surface area contributed by atoms with Crippen LogP contribution in [0.2, 0.25) is 0 Å². The number of fused-ring (bicyclic) bond motifs is 1. The third-order valence-corrected chi connectivity index (χ3v) is 5.98. The van der Waals surface area contributed by atoms with Crippen LogP contribution in [0.4, 0.5) is 10.1 Å². The van der Waals surface area contributed by atoms with Crippen molar-refractivity contribution in [1.82, 2.24) is 19.1 Å². The van der Waals surface area contributed by atoms with E-state index in [1.807, 2.05) is 0 Å². The lowest BCUT2D eigenvalue weighted by Crippen LogP contribution is -2.35. The molecule has 0 atom stereocenters. The molecule has 9 nitrogen and oxygen atoms in total. The van der Waals surface area contributed by atoms with Gasteiger partial charge in [0.25, 0.3) is 5.56 Å². The highest BCUT2D eigenvalue weighted by Gasteiger charge is 2.27. The fourth-order valence-electron chi connectivity index (χ4n) is 2.67. The Hall–Kier alpha value is -3.05. The van der Waals surface area contributed by atoms with Crippen LogP contribution in [0.15, 0.2) is 40.2 Å². The lowest BCUT2D eigenvalue weighted by atomic mass is 10.2. The third kappa shape index (κ3) is 3.66. The highest BCUT2D eigenvalue weighted by Crippen LogP contribution is 2.26. The summed E-state index contributed by atoms with van der Waals surface area (Å²) >= 11 is 0. The molecule has 3 aromatic rings. The lowest BCUT2D eigenvalue weighted by Gasteiger charge is -2.17. The van der Waals surface area contributed by atoms with E-state index in [-0.39, 0.29) is 27.0 Å². The van der Waals surface area contributed by atoms with E-state index >= 15 is 0 Å². The van der Waals surface area contributed by atoms with Gasteiger partial charge in [0.15, 0.2) is 0 Å². The second-order valence-corrected chi connectivity index (χ2v) is 8.38. The summed E-state index contributed by atoms with van der Waals surface area (Å²) in [5.41, 5.74) is 0.430. The number of aromatic nitrogens is 3. The van der Waals surface area contributed by atoms with E-state index in [2.05, 4.69) is 15.5 Å². The molecule has 0 unspecified atom stereocenters. The van der Waals surface area contributed by atoms with Gasteiger partial charge in [-0.1, -0.05) is 0 Å². The van der Waals surface area contributed by atoms with Crippen molar-refractivity contribution >= 4 is 32.5 Å². The molecule has 1 aromatic carbocycles. The van der Waals surface area contributed by atoms with Gasteiger partial charge in [-0.05, 0) is 30.7 Å². The van der Waals surface area contributed by atoms with E-state index in [4.69, 9.17) is 0 Å². The maximum absolute atomic E-state index is 13.8. The molecule has 0 fully saturated rings. The first-order valence-corrected chi connectivity index (χ1v) is 9.60. The van der Waals surface area contributed by atoms with Crippen LogP contribution in [0.25, 0.3) is 10.9 Å². The van der Waals surface area contributed by atoms with Gasteiger partial charge < -0.3 is 9.88 Å². The summed E-state index contributed by atoms with van der Waals surface area (Å²) in [6.07, 6.45) is 1.48. The van der Waals surface area contributed by atoms with Gasteiger partial charge in [0.05, 0.1) is 11.9 Å². The van der Waals surface area contributed by atoms with Crippen molar-refractivity contribution in [2.75, 3.05) is 18.9 Å². The number of carbonyl (C=O) groups excluding carboxylic acids is 1. The molecule has 2 heterocycles. The Bertz CT molecular complexity index is 1230. The number of benzene rings is 1. The van der Waals surface area contributed by atoms with Gasteiger partial charge in [-0.25, -0.2) is 8.42 Å². The fraction of sp³-hybridized carbons (Fsp3) is 0.235. The monoisotopic (exact) mass is 407 g/mol. The molecule has 148 valence electrons. The Morgan fingerprint density at radius 2 is 2.07 bits per heavy atom. The van der Waals surface area contributed by atoms with Gasteiger partial charge in [-0.2, -0.15) is 13.8 Å². The zero-order valence-electron chi connectivity index (χ0n) is 15.4. The first-order chi connectivity index (χ1) is 13.1. The van der Waals surface area contributed by atoms with E-state index in [9.17, 15) is 22.4 Å². The number of pyridine rings is 1. The van der Waals surface area contributed by atoms with E-state index in [1.54, 1.807) is 14.0 Å². The van der Waals surface area contributed by atoms with E-state index in [0.29, 0.717) is 5.56 Å². The normalized spacial score (nSPS) is 11.9. The van der Waals surface area contributed by atoms with Crippen LogP contribution >= 0.6 is 0 Å². The molecule has 0 saturated heterocycles. The molecule has 0 bridgehead atoms. The van der Waals surface area contributed by atoms with Crippen LogP contribution in [-0.4, -0.2) is 47.0 Å². The van der Waals surface area contributed by atoms with Crippen LogP contribution in [-0.2, 0) is 21.9 Å². The van der Waals surface area contributed by atoms with Crippen molar-refractivity contribution in [3.63, 3.8) is 0 Å². The minimum atomic E-state index is -4.12. The Balaban J connectivity index is 1.85. The summed E-state index contributed by atoms with van der Waals surface area (Å²) in [6, 6.07) is 5.59. The molecule has 0 aliphatic rings. The molecule has 1 amide bonds. The highest BCUT2D eigenvalue weighted by atomic mass is 32.2. The van der Waals surface area contributed by atoms with Crippen molar-refractivity contribution < 1.29 is 17.6 Å². The Morgan fingerprint density at radius 1 is 1.36 bits per heavy atom. The number of carbonyl (C=O) groups is 1. The number of hydrogen-bond donors (Lipinski definition) is 2. The van der Waals surface area contributed by atoms with E-state index in [0.717, 1.165) is 4.31 Å². The van der Waals surface area contributed by atoms with Crippen molar-refractivity contribution in [1.29, 1.82) is 0 Å². The summed E-state index contributed by atoms with van der Waals surface area (Å²) in [6.45, 7) is 1.13. The Kier molecular flexibility index (Phi) is 5.04. The van der Waals surface area contributed by atoms with E-state index < -0.39 is 28.4 Å². The molecule has 11 heteroatoms. The predicted molar refractivity (Wildman–Crippen MR) is 101 cm³/mol. The van der Waals surface area contributed by atoms with Crippen LogP contribution in [0.3, 0.4) is 0 Å². The number of halogens is 1. The molecule has 0 spiro atoms. The number of anilines is 1. The molecule has 3 rings (SSSR count). The van der Waals surface area contributed by atoms with Gasteiger partial charge in [0.1, 0.15) is 10.4 Å². The summed E-state index contributed by atoms with van der Waals surface area (Å²) in [5.74, 6) is -1.36. The number of sulfonamides is 1. The first kappa shape index (κ1) is 19.7. The molecule has 0 aliphatic carbocycles. The maximum Gasteiger partial charge on any atom is 0.252 e. The minimum absolute atomic E-state index is 0.0399. The van der Waals surface area contributed by atoms with Gasteiger partial charge in [0.2, 0.25) is 21.9 Å². The molecule has 28 heavy (non-hydrogen) atoms. The minimum Gasteiger partial charge on any atom is -0.325 e. The summed E-state index contributed by atoms with van der Waals surface area (Å²) < 4.78 is 41.8. The van der Waals surface area contributed by atoms with Crippen molar-refractivity contribution in [2.24, 2.45) is 7.05 Å². The van der Waals surface area contributed by atoms with Crippen LogP contribution < -0.4 is 10.9 Å². The highest BCUT2D eigenvalue weighted by molar-refractivity contribution is 7.89. The predicted octanol–water partition coefficient (Wildman–Crippen LogP) is 0.968. The van der Waals surface area contributed by atoms with E-state index in [1.165, 1.54) is 42.1 Å². The summed E-state index contributed by atoms with van der Waals surface area (Å²) in [4.78, 5) is 23.6. The average Bonchev–Trinajstić information content (AvgIpc) is 2.98. The molecular weight excluding hydrogens is 389 g/mol. The molecular formula is C17H18FN5O4S. The quantitative estimate of drug-likeness (QED) is 0.654. The number of aryl methyl sites for hydroxylation is 2. The Labute approximate surface area is 159 Å². The summed E-state index contributed by atoms with van der Waals surface area (Å²) in [5, 5.41) is 8.39. The smallest absolute Gasteiger partial charge is 0.252 e. The van der Waals surface area contributed by atoms with Gasteiger partial charge >= 0.3 is 0 Å². The van der Waals surface area contributed by atoms with Crippen LogP contribution in [0.1, 0.15) is 5.56 Å². The van der Waals surface area contributed by atoms with Crippen molar-refractivity contribution in [2.45, 2.75) is 11.8 Å². The number of nitrogens with one attached hydrogen (secondary N) is 2. The zero-order chi connectivity index (χ0) is 20.6. The summed E-state index contributed by atoms with van der Waals surface area (Å²) in [7, 11) is -1.32. The van der Waals surface area contributed by atoms with Gasteiger partial charge in [-0.15, -0.1) is 0 Å². The average molecular weight is 407 g/mol. The van der Waals surface area contributed by atoms with Gasteiger partial charge in [-0.3, -0.25) is 14.7 Å². The lowest BCUT2D eigenvalue weighted by molar-refractivity contribution is -0.116. The third-order valence-electron chi connectivity index (χ3n) is 4.16. The number of nitrogens with zero attached hydrogens (tertiary/aromatic N) is 3. The second kappa shape index (κ2) is 7.17. The standard InChI is InChI=1S/C17H18FN5O4S/c1-10-6-12-16(20-21-17(12)18)13(7-10)28(26,27)23(3)9-14(24)19-11-4-5-22(2)15(25)8-11/h4-8H,9H2,1-3H3,(H,19,24)(H,20,21). The number of aromatic amines is 1. The molecule has 0 radical (unpaired) electrons. The Morgan fingerprint density at radius 3 is 2.75 bits per heavy atom. The fourth-order valence-corrected chi connectivity index (χ4v) is 4.03. The second-order valence-electron chi connectivity index (χ2n) is 6.37. The molecule has 0 aliphatic heterocycles. The SMILES string of the molecule is Cc1cc(S(=O)(=O)N(C)CC(=O)Nc2ccn(C)c(=O)c2)c2n[nH]c(F)c2c1. The van der Waals surface area contributed by atoms with Crippen molar-refractivity contribution in [3.05, 3.63) is 52.3 Å². The zero-order valence-corrected chi connectivity index (χ0v) is 16.2.